The number of nitrogens with zero attached hydrogens (tertiary/aromatic N) is 2. The van der Waals surface area contributed by atoms with Crippen LogP contribution in [0.3, 0.4) is 0 Å². The molecule has 0 bridgehead atoms. The fourth-order valence-electron chi connectivity index (χ4n) is 3.51. The number of amides is 2. The number of hydrogen-bond donors (Lipinski definition) is 1. The van der Waals surface area contributed by atoms with Crippen molar-refractivity contribution in [3.05, 3.63) is 65.5 Å². The Hall–Kier alpha value is -2.94. The number of carbonyl (C=O) groups is 2. The Kier molecular flexibility index (Phi) is 8.83. The standard InChI is InChI=1S/C25H34FN3O4S/c1-7-19-12-9-11-15-22(19)29(34(6,32)33)17-23(30)28(16-20-13-8-10-14-21(20)26)18(2)24(31)27-25(3,4)5/h8-15,18H,7,16-17H2,1-6H3,(H,27,31)/t18-/m0/s1. The van der Waals surface area contributed by atoms with Gasteiger partial charge in [-0.2, -0.15) is 0 Å². The van der Waals surface area contributed by atoms with E-state index in [1.165, 1.54) is 23.1 Å². The van der Waals surface area contributed by atoms with Gasteiger partial charge in [0.15, 0.2) is 0 Å². The molecule has 0 aliphatic heterocycles. The van der Waals surface area contributed by atoms with Crippen LogP contribution in [-0.4, -0.2) is 49.5 Å². The summed E-state index contributed by atoms with van der Waals surface area (Å²) in [7, 11) is -3.82. The molecule has 7 nitrogen and oxygen atoms in total. The van der Waals surface area contributed by atoms with Gasteiger partial charge in [-0.25, -0.2) is 12.8 Å². The molecule has 1 atom stereocenters. The van der Waals surface area contributed by atoms with Crippen LogP contribution in [0, 0.1) is 5.82 Å². The van der Waals surface area contributed by atoms with Gasteiger partial charge in [-0.1, -0.05) is 43.3 Å². The van der Waals surface area contributed by atoms with E-state index in [-0.39, 0.29) is 12.1 Å². The Morgan fingerprint density at radius 2 is 1.59 bits per heavy atom. The number of sulfonamides is 1. The lowest BCUT2D eigenvalue weighted by atomic mass is 10.1. The van der Waals surface area contributed by atoms with Gasteiger partial charge < -0.3 is 10.2 Å². The lowest BCUT2D eigenvalue weighted by Crippen LogP contribution is -2.54. The predicted octanol–water partition coefficient (Wildman–Crippen LogP) is 3.49. The van der Waals surface area contributed by atoms with Crippen molar-refractivity contribution in [3.63, 3.8) is 0 Å². The molecule has 2 aromatic carbocycles. The summed E-state index contributed by atoms with van der Waals surface area (Å²) < 4.78 is 40.8. The van der Waals surface area contributed by atoms with Gasteiger partial charge >= 0.3 is 0 Å². The highest BCUT2D eigenvalue weighted by Crippen LogP contribution is 2.24. The molecule has 0 saturated carbocycles. The maximum absolute atomic E-state index is 14.4. The van der Waals surface area contributed by atoms with Crippen molar-refractivity contribution in [3.8, 4) is 0 Å². The summed E-state index contributed by atoms with van der Waals surface area (Å²) in [6, 6.07) is 12.0. The highest BCUT2D eigenvalue weighted by Gasteiger charge is 2.32. The van der Waals surface area contributed by atoms with Gasteiger partial charge in [-0.3, -0.25) is 13.9 Å². The Morgan fingerprint density at radius 3 is 2.12 bits per heavy atom. The molecule has 0 fully saturated rings. The fourth-order valence-corrected chi connectivity index (χ4v) is 4.40. The molecule has 2 amide bonds. The third-order valence-electron chi connectivity index (χ3n) is 5.28. The Labute approximate surface area is 202 Å². The molecule has 2 aromatic rings. The van der Waals surface area contributed by atoms with E-state index < -0.39 is 45.8 Å². The van der Waals surface area contributed by atoms with Gasteiger partial charge in [-0.15, -0.1) is 0 Å². The highest BCUT2D eigenvalue weighted by atomic mass is 32.2. The first kappa shape index (κ1) is 27.3. The van der Waals surface area contributed by atoms with Crippen LogP contribution >= 0.6 is 0 Å². The predicted molar refractivity (Wildman–Crippen MR) is 132 cm³/mol. The van der Waals surface area contributed by atoms with Crippen LogP contribution in [-0.2, 0) is 32.6 Å². The van der Waals surface area contributed by atoms with E-state index in [4.69, 9.17) is 0 Å². The topological polar surface area (TPSA) is 86.8 Å². The van der Waals surface area contributed by atoms with Crippen molar-refractivity contribution in [2.45, 2.75) is 59.2 Å². The zero-order valence-electron chi connectivity index (χ0n) is 20.6. The third-order valence-corrected chi connectivity index (χ3v) is 6.41. The smallest absolute Gasteiger partial charge is 0.244 e. The van der Waals surface area contributed by atoms with Crippen LogP contribution in [0.4, 0.5) is 10.1 Å². The van der Waals surface area contributed by atoms with E-state index in [0.29, 0.717) is 12.1 Å². The Balaban J connectivity index is 2.46. The highest BCUT2D eigenvalue weighted by molar-refractivity contribution is 7.92. The molecule has 0 aliphatic rings. The SMILES string of the molecule is CCc1ccccc1N(CC(=O)N(Cc1ccccc1F)[C@@H](C)C(=O)NC(C)(C)C)S(C)(=O)=O. The maximum atomic E-state index is 14.4. The third kappa shape index (κ3) is 7.28. The lowest BCUT2D eigenvalue weighted by Gasteiger charge is -2.33. The summed E-state index contributed by atoms with van der Waals surface area (Å²) in [6.07, 6.45) is 1.60. The average molecular weight is 492 g/mol. The van der Waals surface area contributed by atoms with E-state index in [2.05, 4.69) is 5.32 Å². The first-order valence-electron chi connectivity index (χ1n) is 11.1. The largest absolute Gasteiger partial charge is 0.350 e. The molecule has 2 rings (SSSR count). The molecule has 0 aromatic heterocycles. The van der Waals surface area contributed by atoms with Gasteiger partial charge in [0, 0.05) is 17.6 Å². The van der Waals surface area contributed by atoms with Gasteiger partial charge in [-0.05, 0) is 51.8 Å². The fraction of sp³-hybridized carbons (Fsp3) is 0.440. The quantitative estimate of drug-likeness (QED) is 0.582. The molecular weight excluding hydrogens is 457 g/mol. The van der Waals surface area contributed by atoms with Gasteiger partial charge in [0.25, 0.3) is 0 Å². The van der Waals surface area contributed by atoms with Crippen molar-refractivity contribution in [2.24, 2.45) is 0 Å². The summed E-state index contributed by atoms with van der Waals surface area (Å²) >= 11 is 0. The summed E-state index contributed by atoms with van der Waals surface area (Å²) in [5, 5.41) is 2.83. The first-order valence-corrected chi connectivity index (χ1v) is 13.0. The monoisotopic (exact) mass is 491 g/mol. The van der Waals surface area contributed by atoms with Crippen molar-refractivity contribution >= 4 is 27.5 Å². The molecular formula is C25H34FN3O4S. The number of anilines is 1. The van der Waals surface area contributed by atoms with Gasteiger partial charge in [0.1, 0.15) is 18.4 Å². The second-order valence-electron chi connectivity index (χ2n) is 9.28. The number of halogens is 1. The number of hydrogen-bond acceptors (Lipinski definition) is 4. The number of para-hydroxylation sites is 1. The second-order valence-corrected chi connectivity index (χ2v) is 11.2. The van der Waals surface area contributed by atoms with Crippen LogP contribution in [0.15, 0.2) is 48.5 Å². The van der Waals surface area contributed by atoms with E-state index in [1.54, 1.807) is 37.3 Å². The van der Waals surface area contributed by atoms with Crippen molar-refractivity contribution in [1.82, 2.24) is 10.2 Å². The Morgan fingerprint density at radius 1 is 1.03 bits per heavy atom. The second kappa shape index (κ2) is 11.0. The summed E-state index contributed by atoms with van der Waals surface area (Å²) in [5.74, 6) is -1.55. The molecule has 0 spiro atoms. The van der Waals surface area contributed by atoms with Crippen LogP contribution in [0.2, 0.25) is 0 Å². The molecule has 0 aliphatic carbocycles. The summed E-state index contributed by atoms with van der Waals surface area (Å²) in [4.78, 5) is 27.6. The van der Waals surface area contributed by atoms with Gasteiger partial charge in [0.2, 0.25) is 21.8 Å². The molecule has 9 heteroatoms. The molecule has 1 N–H and O–H groups in total. The molecule has 186 valence electrons. The van der Waals surface area contributed by atoms with Crippen LogP contribution in [0.25, 0.3) is 0 Å². The normalized spacial score (nSPS) is 12.7. The zero-order valence-corrected chi connectivity index (χ0v) is 21.4. The maximum Gasteiger partial charge on any atom is 0.244 e. The molecule has 0 radical (unpaired) electrons. The molecule has 34 heavy (non-hydrogen) atoms. The minimum atomic E-state index is -3.82. The molecule has 0 unspecified atom stereocenters. The van der Waals surface area contributed by atoms with E-state index in [0.717, 1.165) is 16.1 Å². The molecule has 0 saturated heterocycles. The minimum Gasteiger partial charge on any atom is -0.350 e. The van der Waals surface area contributed by atoms with Gasteiger partial charge in [0.05, 0.1) is 11.9 Å². The zero-order chi connectivity index (χ0) is 25.7. The van der Waals surface area contributed by atoms with E-state index >= 15 is 0 Å². The number of nitrogens with one attached hydrogen (secondary N) is 1. The summed E-state index contributed by atoms with van der Waals surface area (Å²) in [5.41, 5.74) is 0.848. The minimum absolute atomic E-state index is 0.183. The first-order chi connectivity index (χ1) is 15.7. The number of benzene rings is 2. The number of aryl methyl sites for hydroxylation is 1. The average Bonchev–Trinajstić information content (AvgIpc) is 2.74. The van der Waals surface area contributed by atoms with Crippen LogP contribution < -0.4 is 9.62 Å². The van der Waals surface area contributed by atoms with E-state index in [9.17, 15) is 22.4 Å². The van der Waals surface area contributed by atoms with Crippen LogP contribution in [0.1, 0.15) is 45.7 Å². The Bertz CT molecular complexity index is 1130. The van der Waals surface area contributed by atoms with Crippen molar-refractivity contribution in [1.29, 1.82) is 0 Å². The number of carbonyl (C=O) groups excluding carboxylic acids is 2. The van der Waals surface area contributed by atoms with Crippen LogP contribution in [0.5, 0.6) is 0 Å². The molecule has 0 heterocycles. The van der Waals surface area contributed by atoms with Crippen molar-refractivity contribution < 1.29 is 22.4 Å². The van der Waals surface area contributed by atoms with E-state index in [1.807, 2.05) is 27.7 Å². The summed E-state index contributed by atoms with van der Waals surface area (Å²) in [6.45, 7) is 8.18. The van der Waals surface area contributed by atoms with Crippen molar-refractivity contribution in [2.75, 3.05) is 17.1 Å². The number of rotatable bonds is 9. The lowest BCUT2D eigenvalue weighted by molar-refractivity contribution is -0.140.